The average molecular weight is 437 g/mol. The second-order valence-corrected chi connectivity index (χ2v) is 8.48. The highest BCUT2D eigenvalue weighted by molar-refractivity contribution is 7.09. The average Bonchev–Trinajstić information content (AvgIpc) is 3.16. The number of urea groups is 1. The van der Waals surface area contributed by atoms with E-state index < -0.39 is 0 Å². The van der Waals surface area contributed by atoms with Gasteiger partial charge in [0.25, 0.3) is 5.91 Å². The molecule has 8 heteroatoms. The van der Waals surface area contributed by atoms with Gasteiger partial charge < -0.3 is 15.5 Å². The fourth-order valence-corrected chi connectivity index (χ4v) is 3.59. The number of carbonyl (C=O) groups is 2. The fourth-order valence-electron chi connectivity index (χ4n) is 2.70. The Kier molecular flexibility index (Phi) is 9.41. The Bertz CT molecular complexity index is 792. The molecule has 2 aromatic rings. The first-order chi connectivity index (χ1) is 13.9. The molecule has 6 nitrogen and oxygen atoms in total. The molecule has 0 saturated heterocycles. The molecule has 0 spiro atoms. The van der Waals surface area contributed by atoms with Crippen LogP contribution in [0.25, 0.3) is 0 Å². The van der Waals surface area contributed by atoms with Gasteiger partial charge in [0, 0.05) is 28.7 Å². The first-order valence-electron chi connectivity index (χ1n) is 9.96. The molecule has 0 aliphatic heterocycles. The van der Waals surface area contributed by atoms with E-state index in [4.69, 9.17) is 11.6 Å². The van der Waals surface area contributed by atoms with Gasteiger partial charge in [0.15, 0.2) is 0 Å². The SMILES string of the molecule is CCCCCCNC(=O)c1csc(CN(C(=O)Nc2ccc(Cl)cc2)C(C)C)n1. The molecule has 1 aromatic carbocycles. The first kappa shape index (κ1) is 23.2. The normalized spacial score (nSPS) is 10.8. The minimum atomic E-state index is -0.223. The Morgan fingerprint density at radius 1 is 1.17 bits per heavy atom. The van der Waals surface area contributed by atoms with Crippen LogP contribution in [0.3, 0.4) is 0 Å². The maximum atomic E-state index is 12.7. The lowest BCUT2D eigenvalue weighted by Crippen LogP contribution is -2.39. The second kappa shape index (κ2) is 11.8. The minimum Gasteiger partial charge on any atom is -0.351 e. The third kappa shape index (κ3) is 7.66. The van der Waals surface area contributed by atoms with Crippen molar-refractivity contribution in [2.24, 2.45) is 0 Å². The highest BCUT2D eigenvalue weighted by atomic mass is 35.5. The largest absolute Gasteiger partial charge is 0.351 e. The van der Waals surface area contributed by atoms with Crippen molar-refractivity contribution in [3.63, 3.8) is 0 Å². The van der Waals surface area contributed by atoms with Crippen molar-refractivity contribution in [2.45, 2.75) is 59.0 Å². The van der Waals surface area contributed by atoms with Crippen LogP contribution in [-0.4, -0.2) is 34.4 Å². The lowest BCUT2D eigenvalue weighted by molar-refractivity contribution is 0.0948. The van der Waals surface area contributed by atoms with Gasteiger partial charge in [0.05, 0.1) is 6.54 Å². The summed E-state index contributed by atoms with van der Waals surface area (Å²) in [6.07, 6.45) is 4.44. The Balaban J connectivity index is 1.92. The summed E-state index contributed by atoms with van der Waals surface area (Å²) in [6, 6.07) is 6.72. The van der Waals surface area contributed by atoms with Gasteiger partial charge in [0.1, 0.15) is 10.7 Å². The molecule has 0 fully saturated rings. The summed E-state index contributed by atoms with van der Waals surface area (Å²) in [7, 11) is 0. The van der Waals surface area contributed by atoms with E-state index in [9.17, 15) is 9.59 Å². The predicted molar refractivity (Wildman–Crippen MR) is 120 cm³/mol. The number of anilines is 1. The van der Waals surface area contributed by atoms with Gasteiger partial charge >= 0.3 is 6.03 Å². The van der Waals surface area contributed by atoms with Crippen LogP contribution in [0.5, 0.6) is 0 Å². The monoisotopic (exact) mass is 436 g/mol. The van der Waals surface area contributed by atoms with E-state index in [0.717, 1.165) is 17.8 Å². The molecule has 158 valence electrons. The molecule has 0 saturated carbocycles. The summed E-state index contributed by atoms with van der Waals surface area (Å²) in [6.45, 7) is 7.04. The standard InChI is InChI=1S/C21H29ClN4O2S/c1-4-5-6-7-12-23-20(27)18-14-29-19(25-18)13-26(15(2)3)21(28)24-17-10-8-16(22)9-11-17/h8-11,14-15H,4-7,12-13H2,1-3H3,(H,23,27)(H,24,28). The zero-order valence-electron chi connectivity index (χ0n) is 17.2. The van der Waals surface area contributed by atoms with Crippen LogP contribution in [-0.2, 0) is 6.54 Å². The van der Waals surface area contributed by atoms with E-state index in [1.54, 1.807) is 34.5 Å². The van der Waals surface area contributed by atoms with Crippen LogP contribution in [0.15, 0.2) is 29.6 Å². The van der Waals surface area contributed by atoms with Crippen molar-refractivity contribution < 1.29 is 9.59 Å². The van der Waals surface area contributed by atoms with Crippen LogP contribution >= 0.6 is 22.9 Å². The van der Waals surface area contributed by atoms with E-state index in [-0.39, 0.29) is 18.0 Å². The van der Waals surface area contributed by atoms with Gasteiger partial charge in [-0.3, -0.25) is 4.79 Å². The molecule has 0 atom stereocenters. The molecule has 0 radical (unpaired) electrons. The zero-order valence-corrected chi connectivity index (χ0v) is 18.8. The summed E-state index contributed by atoms with van der Waals surface area (Å²) >= 11 is 7.27. The Labute approximate surface area is 181 Å². The Morgan fingerprint density at radius 2 is 1.90 bits per heavy atom. The number of rotatable bonds is 10. The van der Waals surface area contributed by atoms with E-state index in [2.05, 4.69) is 22.5 Å². The summed E-state index contributed by atoms with van der Waals surface area (Å²) in [5.41, 5.74) is 1.08. The van der Waals surface area contributed by atoms with Crippen LogP contribution in [0.1, 0.15) is 62.0 Å². The number of hydrogen-bond donors (Lipinski definition) is 2. The molecule has 3 amide bonds. The van der Waals surface area contributed by atoms with Crippen molar-refractivity contribution in [1.82, 2.24) is 15.2 Å². The molecule has 0 bridgehead atoms. The summed E-state index contributed by atoms with van der Waals surface area (Å²) < 4.78 is 0. The van der Waals surface area contributed by atoms with E-state index in [1.165, 1.54) is 24.2 Å². The topological polar surface area (TPSA) is 74.3 Å². The van der Waals surface area contributed by atoms with E-state index in [1.807, 2.05) is 13.8 Å². The summed E-state index contributed by atoms with van der Waals surface area (Å²) in [4.78, 5) is 31.0. The number of benzene rings is 1. The minimum absolute atomic E-state index is 0.0259. The number of unbranched alkanes of at least 4 members (excludes halogenated alkanes) is 3. The first-order valence-corrected chi connectivity index (χ1v) is 11.2. The molecular formula is C21H29ClN4O2S. The van der Waals surface area contributed by atoms with Crippen molar-refractivity contribution in [3.8, 4) is 0 Å². The van der Waals surface area contributed by atoms with Crippen molar-refractivity contribution in [3.05, 3.63) is 45.4 Å². The molecular weight excluding hydrogens is 408 g/mol. The second-order valence-electron chi connectivity index (χ2n) is 7.10. The quantitative estimate of drug-likeness (QED) is 0.479. The van der Waals surface area contributed by atoms with Crippen LogP contribution in [0.4, 0.5) is 10.5 Å². The Morgan fingerprint density at radius 3 is 2.55 bits per heavy atom. The molecule has 2 N–H and O–H groups in total. The van der Waals surface area contributed by atoms with E-state index in [0.29, 0.717) is 29.5 Å². The molecule has 29 heavy (non-hydrogen) atoms. The number of halogens is 1. The highest BCUT2D eigenvalue weighted by Gasteiger charge is 2.20. The predicted octanol–water partition coefficient (Wildman–Crippen LogP) is 5.55. The van der Waals surface area contributed by atoms with Crippen LogP contribution < -0.4 is 10.6 Å². The third-order valence-corrected chi connectivity index (χ3v) is 5.47. The molecule has 2 rings (SSSR count). The molecule has 0 aliphatic rings. The highest BCUT2D eigenvalue weighted by Crippen LogP contribution is 2.18. The maximum absolute atomic E-state index is 12.7. The number of thiazole rings is 1. The summed E-state index contributed by atoms with van der Waals surface area (Å²) in [5.74, 6) is -0.161. The van der Waals surface area contributed by atoms with Crippen molar-refractivity contribution >= 4 is 40.6 Å². The number of aromatic nitrogens is 1. The molecule has 1 aromatic heterocycles. The smallest absolute Gasteiger partial charge is 0.322 e. The van der Waals surface area contributed by atoms with Gasteiger partial charge in [-0.15, -0.1) is 11.3 Å². The Hall–Kier alpha value is -2.12. The van der Waals surface area contributed by atoms with Gasteiger partial charge in [-0.1, -0.05) is 37.8 Å². The van der Waals surface area contributed by atoms with Gasteiger partial charge in [-0.2, -0.15) is 0 Å². The van der Waals surface area contributed by atoms with Gasteiger partial charge in [-0.05, 0) is 44.5 Å². The van der Waals surface area contributed by atoms with Gasteiger partial charge in [-0.25, -0.2) is 9.78 Å². The van der Waals surface area contributed by atoms with Crippen LogP contribution in [0.2, 0.25) is 5.02 Å². The molecule has 0 aliphatic carbocycles. The lowest BCUT2D eigenvalue weighted by atomic mass is 10.2. The summed E-state index contributed by atoms with van der Waals surface area (Å²) in [5, 5.41) is 8.86. The number of amides is 3. The number of nitrogens with zero attached hydrogens (tertiary/aromatic N) is 2. The molecule has 1 heterocycles. The van der Waals surface area contributed by atoms with Crippen LogP contribution in [0, 0.1) is 0 Å². The maximum Gasteiger partial charge on any atom is 0.322 e. The molecule has 0 unspecified atom stereocenters. The lowest BCUT2D eigenvalue weighted by Gasteiger charge is -2.26. The zero-order chi connectivity index (χ0) is 21.2. The van der Waals surface area contributed by atoms with Crippen molar-refractivity contribution in [2.75, 3.05) is 11.9 Å². The number of nitrogens with one attached hydrogen (secondary N) is 2. The van der Waals surface area contributed by atoms with Crippen molar-refractivity contribution in [1.29, 1.82) is 0 Å². The van der Waals surface area contributed by atoms with E-state index >= 15 is 0 Å². The number of hydrogen-bond acceptors (Lipinski definition) is 4. The third-order valence-electron chi connectivity index (χ3n) is 4.39. The fraction of sp³-hybridized carbons (Fsp3) is 0.476. The van der Waals surface area contributed by atoms with Gasteiger partial charge in [0.2, 0.25) is 0 Å². The number of carbonyl (C=O) groups excluding carboxylic acids is 2.